The number of carbonyl (C=O) groups is 1. The lowest BCUT2D eigenvalue weighted by Crippen LogP contribution is -2.47. The van der Waals surface area contributed by atoms with Crippen LogP contribution in [0.2, 0.25) is 10.0 Å². The molecule has 1 aliphatic heterocycles. The van der Waals surface area contributed by atoms with Gasteiger partial charge >= 0.3 is 0 Å². The molecule has 0 aromatic heterocycles. The Morgan fingerprint density at radius 2 is 1.69 bits per heavy atom. The van der Waals surface area contributed by atoms with Gasteiger partial charge in [-0.3, -0.25) is 9.10 Å². The Kier molecular flexibility index (Phi) is 7.83. The van der Waals surface area contributed by atoms with Crippen LogP contribution in [0.1, 0.15) is 44.7 Å². The molecule has 0 aliphatic carbocycles. The van der Waals surface area contributed by atoms with Gasteiger partial charge in [-0.15, -0.1) is 0 Å². The number of carbonyl (C=O) groups excluding carboxylic acids is 1. The SMILES string of the molecule is CCC1(CC)CC(NC(=O)CN(c2cc(Cl)ccc2Cl)S(=O)(=O)c2ccccc2)c2ccccc2O1. The van der Waals surface area contributed by atoms with Gasteiger partial charge in [0.15, 0.2) is 0 Å². The molecule has 1 heterocycles. The first-order valence-corrected chi connectivity index (χ1v) is 14.0. The highest BCUT2D eigenvalue weighted by Crippen LogP contribution is 2.42. The lowest BCUT2D eigenvalue weighted by atomic mass is 9.83. The number of anilines is 1. The topological polar surface area (TPSA) is 75.7 Å². The van der Waals surface area contributed by atoms with Gasteiger partial charge in [-0.2, -0.15) is 0 Å². The first kappa shape index (κ1) is 26.3. The minimum atomic E-state index is -4.12. The summed E-state index contributed by atoms with van der Waals surface area (Å²) in [5.74, 6) is 0.262. The molecular formula is C27H28Cl2N2O4S. The summed E-state index contributed by atoms with van der Waals surface area (Å²) >= 11 is 12.6. The van der Waals surface area contributed by atoms with E-state index in [1.165, 1.54) is 24.3 Å². The minimum Gasteiger partial charge on any atom is -0.487 e. The van der Waals surface area contributed by atoms with Gasteiger partial charge in [0.05, 0.1) is 21.6 Å². The molecule has 0 bridgehead atoms. The second-order valence-electron chi connectivity index (χ2n) is 8.77. The minimum absolute atomic E-state index is 0.0428. The number of nitrogens with zero attached hydrogens (tertiary/aromatic N) is 1. The number of benzene rings is 3. The molecule has 9 heteroatoms. The van der Waals surface area contributed by atoms with Gasteiger partial charge in [0, 0.05) is 17.0 Å². The van der Waals surface area contributed by atoms with Gasteiger partial charge in [-0.1, -0.05) is 73.4 Å². The quantitative estimate of drug-likeness (QED) is 0.355. The summed E-state index contributed by atoms with van der Waals surface area (Å²) in [7, 11) is -4.12. The van der Waals surface area contributed by atoms with Crippen LogP contribution >= 0.6 is 23.2 Å². The van der Waals surface area contributed by atoms with Gasteiger partial charge in [-0.05, 0) is 49.2 Å². The lowest BCUT2D eigenvalue weighted by Gasteiger charge is -2.41. The summed E-state index contributed by atoms with van der Waals surface area (Å²) in [5, 5.41) is 3.52. The first-order chi connectivity index (χ1) is 17.2. The molecule has 0 radical (unpaired) electrons. The Morgan fingerprint density at radius 1 is 1.03 bits per heavy atom. The van der Waals surface area contributed by atoms with E-state index in [1.807, 2.05) is 24.3 Å². The molecule has 1 unspecified atom stereocenters. The monoisotopic (exact) mass is 546 g/mol. The third-order valence-electron chi connectivity index (χ3n) is 6.62. The fourth-order valence-corrected chi connectivity index (χ4v) is 6.39. The summed E-state index contributed by atoms with van der Waals surface area (Å²) in [6, 6.07) is 19.7. The fourth-order valence-electron chi connectivity index (χ4n) is 4.50. The van der Waals surface area contributed by atoms with Crippen LogP contribution in [0.4, 0.5) is 5.69 Å². The molecule has 3 aromatic carbocycles. The second-order valence-corrected chi connectivity index (χ2v) is 11.5. The molecule has 0 fully saturated rings. The predicted octanol–water partition coefficient (Wildman–Crippen LogP) is 6.39. The zero-order valence-corrected chi connectivity index (χ0v) is 22.4. The van der Waals surface area contributed by atoms with Crippen LogP contribution in [0.5, 0.6) is 5.75 Å². The van der Waals surface area contributed by atoms with Crippen molar-refractivity contribution in [3.8, 4) is 5.75 Å². The van der Waals surface area contributed by atoms with Crippen molar-refractivity contribution in [2.75, 3.05) is 10.8 Å². The standard InChI is InChI=1S/C27H28Cl2N2O4S/c1-3-27(4-2)17-23(21-12-8-9-13-25(21)35-27)30-26(32)18-31(24-16-19(28)14-15-22(24)29)36(33,34)20-10-6-5-7-11-20/h5-16,23H,3-4,17-18H2,1-2H3,(H,30,32). The maximum Gasteiger partial charge on any atom is 0.264 e. The number of hydrogen-bond acceptors (Lipinski definition) is 4. The van der Waals surface area contributed by atoms with E-state index in [-0.39, 0.29) is 21.6 Å². The van der Waals surface area contributed by atoms with E-state index < -0.39 is 28.1 Å². The summed E-state index contributed by atoms with van der Waals surface area (Å²) in [5.41, 5.74) is 0.576. The van der Waals surface area contributed by atoms with Gasteiger partial charge in [0.2, 0.25) is 5.91 Å². The van der Waals surface area contributed by atoms with Crippen molar-refractivity contribution >= 4 is 44.8 Å². The molecule has 36 heavy (non-hydrogen) atoms. The number of amides is 1. The molecule has 1 amide bonds. The van der Waals surface area contributed by atoms with Crippen LogP contribution in [0, 0.1) is 0 Å². The largest absolute Gasteiger partial charge is 0.487 e. The van der Waals surface area contributed by atoms with Crippen molar-refractivity contribution < 1.29 is 17.9 Å². The molecule has 1 N–H and O–H groups in total. The lowest BCUT2D eigenvalue weighted by molar-refractivity contribution is -0.121. The highest BCUT2D eigenvalue weighted by atomic mass is 35.5. The van der Waals surface area contributed by atoms with E-state index in [2.05, 4.69) is 19.2 Å². The Labute approximate surface area is 222 Å². The highest BCUT2D eigenvalue weighted by Gasteiger charge is 2.39. The molecule has 0 saturated carbocycles. The van der Waals surface area contributed by atoms with E-state index in [9.17, 15) is 13.2 Å². The smallest absolute Gasteiger partial charge is 0.264 e. The maximum atomic E-state index is 13.6. The van der Waals surface area contributed by atoms with Crippen LogP contribution in [0.15, 0.2) is 77.7 Å². The number of para-hydroxylation sites is 1. The number of sulfonamides is 1. The molecular weight excluding hydrogens is 519 g/mol. The van der Waals surface area contributed by atoms with E-state index in [4.69, 9.17) is 27.9 Å². The van der Waals surface area contributed by atoms with Gasteiger partial charge in [-0.25, -0.2) is 8.42 Å². The first-order valence-electron chi connectivity index (χ1n) is 11.8. The third kappa shape index (κ3) is 5.33. The second kappa shape index (κ2) is 10.7. The molecule has 4 rings (SSSR count). The number of halogens is 2. The van der Waals surface area contributed by atoms with Crippen molar-refractivity contribution in [2.24, 2.45) is 0 Å². The van der Waals surface area contributed by atoms with Crippen molar-refractivity contribution in [1.29, 1.82) is 0 Å². The highest BCUT2D eigenvalue weighted by molar-refractivity contribution is 7.92. The van der Waals surface area contributed by atoms with Crippen LogP contribution in [0.25, 0.3) is 0 Å². The zero-order chi connectivity index (χ0) is 25.9. The zero-order valence-electron chi connectivity index (χ0n) is 20.1. The number of hydrogen-bond donors (Lipinski definition) is 1. The van der Waals surface area contributed by atoms with Gasteiger partial charge in [0.1, 0.15) is 17.9 Å². The third-order valence-corrected chi connectivity index (χ3v) is 8.94. The van der Waals surface area contributed by atoms with Crippen molar-refractivity contribution in [3.63, 3.8) is 0 Å². The van der Waals surface area contributed by atoms with E-state index >= 15 is 0 Å². The van der Waals surface area contributed by atoms with Crippen LogP contribution in [-0.4, -0.2) is 26.5 Å². The van der Waals surface area contributed by atoms with Crippen LogP contribution in [-0.2, 0) is 14.8 Å². The van der Waals surface area contributed by atoms with Crippen LogP contribution in [0.3, 0.4) is 0 Å². The summed E-state index contributed by atoms with van der Waals surface area (Å²) in [6.45, 7) is 3.65. The summed E-state index contributed by atoms with van der Waals surface area (Å²) in [6.07, 6.45) is 2.12. The molecule has 6 nitrogen and oxygen atoms in total. The predicted molar refractivity (Wildman–Crippen MR) is 143 cm³/mol. The normalized spacial score (nSPS) is 16.5. The van der Waals surface area contributed by atoms with E-state index in [1.54, 1.807) is 24.3 Å². The Hall–Kier alpha value is -2.74. The van der Waals surface area contributed by atoms with Gasteiger partial charge in [0.25, 0.3) is 10.0 Å². The average Bonchev–Trinajstić information content (AvgIpc) is 2.89. The Morgan fingerprint density at radius 3 is 2.39 bits per heavy atom. The Balaban J connectivity index is 1.68. The summed E-state index contributed by atoms with van der Waals surface area (Å²) in [4.78, 5) is 13.5. The van der Waals surface area contributed by atoms with Crippen molar-refractivity contribution in [2.45, 2.75) is 49.6 Å². The molecule has 3 aromatic rings. The maximum absolute atomic E-state index is 13.6. The molecule has 1 atom stereocenters. The molecule has 1 aliphatic rings. The molecule has 190 valence electrons. The van der Waals surface area contributed by atoms with Gasteiger partial charge < -0.3 is 10.1 Å². The van der Waals surface area contributed by atoms with Crippen LogP contribution < -0.4 is 14.4 Å². The van der Waals surface area contributed by atoms with Crippen molar-refractivity contribution in [3.05, 3.63) is 88.4 Å². The Bertz CT molecular complexity index is 1340. The fraction of sp³-hybridized carbons (Fsp3) is 0.296. The van der Waals surface area contributed by atoms with E-state index in [0.29, 0.717) is 11.4 Å². The van der Waals surface area contributed by atoms with E-state index in [0.717, 1.165) is 28.5 Å². The number of nitrogens with one attached hydrogen (secondary N) is 1. The summed E-state index contributed by atoms with van der Waals surface area (Å²) < 4.78 is 34.6. The number of rotatable bonds is 8. The molecule has 0 saturated heterocycles. The average molecular weight is 548 g/mol. The van der Waals surface area contributed by atoms with Crippen molar-refractivity contribution in [1.82, 2.24) is 5.32 Å². The number of fused-ring (bicyclic) bond motifs is 1. The number of ether oxygens (including phenoxy) is 1. The molecule has 0 spiro atoms.